The van der Waals surface area contributed by atoms with Crippen LogP contribution < -0.4 is 0 Å². The lowest BCUT2D eigenvalue weighted by Crippen LogP contribution is -2.41. The Bertz CT molecular complexity index is 321. The van der Waals surface area contributed by atoms with Crippen LogP contribution in [-0.2, 0) is 14.3 Å². The average Bonchev–Trinajstić information content (AvgIpc) is 2.61. The van der Waals surface area contributed by atoms with Crippen molar-refractivity contribution in [1.82, 2.24) is 0 Å². The molecule has 1 N–H and O–H groups in total. The minimum atomic E-state index is -1.35. The Morgan fingerprint density at radius 3 is 2.76 bits per heavy atom. The summed E-state index contributed by atoms with van der Waals surface area (Å²) in [5, 5.41) is 10.3. The van der Waals surface area contributed by atoms with Gasteiger partial charge in [0.05, 0.1) is 7.11 Å². The highest BCUT2D eigenvalue weighted by atomic mass is 16.5. The smallest absolute Gasteiger partial charge is 0.319 e. The van der Waals surface area contributed by atoms with Gasteiger partial charge in [-0.05, 0) is 18.6 Å². The number of carbonyl (C=O) groups excluding carboxylic acids is 2. The van der Waals surface area contributed by atoms with Gasteiger partial charge < -0.3 is 9.84 Å². The van der Waals surface area contributed by atoms with Gasteiger partial charge in [0.25, 0.3) is 0 Å². The number of carbonyl (C=O) groups is 2. The van der Waals surface area contributed by atoms with Gasteiger partial charge in [-0.2, -0.15) is 0 Å². The van der Waals surface area contributed by atoms with Crippen molar-refractivity contribution in [3.05, 3.63) is 12.2 Å². The largest absolute Gasteiger partial charge is 0.468 e. The highest BCUT2D eigenvalue weighted by Gasteiger charge is 2.47. The molecule has 0 spiro atoms. The third-order valence-electron chi connectivity index (χ3n) is 3.19. The monoisotopic (exact) mass is 240 g/mol. The summed E-state index contributed by atoms with van der Waals surface area (Å²) < 4.78 is 4.57. The van der Waals surface area contributed by atoms with Crippen molar-refractivity contribution in [2.24, 2.45) is 5.92 Å². The molecular formula is C13H20O4. The van der Waals surface area contributed by atoms with E-state index in [-0.39, 0.29) is 5.78 Å². The molecular weight excluding hydrogens is 220 g/mol. The summed E-state index contributed by atoms with van der Waals surface area (Å²) in [5.74, 6) is -2.10. The first-order valence-corrected chi connectivity index (χ1v) is 6.08. The molecule has 2 atom stereocenters. The molecule has 96 valence electrons. The molecule has 1 rings (SSSR count). The summed E-state index contributed by atoms with van der Waals surface area (Å²) in [4.78, 5) is 23.0. The second-order valence-electron chi connectivity index (χ2n) is 4.49. The number of ether oxygens (including phenoxy) is 1. The standard InChI is InChI=1S/C13H20O4/c1-3-4-5-6-8-13(16)9-7-10(14)11(13)12(15)17-2/h7,9,11,16H,3-6,8H2,1-2H3/t11-,13-/m1/s1. The predicted octanol–water partition coefficient (Wildman–Crippen LogP) is 1.62. The zero-order valence-corrected chi connectivity index (χ0v) is 10.4. The molecule has 0 aromatic heterocycles. The van der Waals surface area contributed by atoms with E-state index >= 15 is 0 Å². The lowest BCUT2D eigenvalue weighted by molar-refractivity contribution is -0.155. The van der Waals surface area contributed by atoms with E-state index in [0.717, 1.165) is 25.7 Å². The van der Waals surface area contributed by atoms with Gasteiger partial charge in [0.1, 0.15) is 5.60 Å². The first-order valence-electron chi connectivity index (χ1n) is 6.08. The maximum Gasteiger partial charge on any atom is 0.319 e. The normalized spacial score (nSPS) is 27.5. The van der Waals surface area contributed by atoms with E-state index in [0.29, 0.717) is 6.42 Å². The number of unbranched alkanes of at least 4 members (excludes halogenated alkanes) is 3. The zero-order chi connectivity index (χ0) is 12.9. The van der Waals surface area contributed by atoms with Crippen molar-refractivity contribution in [2.45, 2.75) is 44.6 Å². The van der Waals surface area contributed by atoms with Gasteiger partial charge in [0.15, 0.2) is 11.7 Å². The summed E-state index contributed by atoms with van der Waals surface area (Å²) >= 11 is 0. The van der Waals surface area contributed by atoms with Crippen molar-refractivity contribution in [3.8, 4) is 0 Å². The Morgan fingerprint density at radius 1 is 1.47 bits per heavy atom. The van der Waals surface area contributed by atoms with E-state index in [1.54, 1.807) is 0 Å². The molecule has 1 aliphatic carbocycles. The number of aliphatic hydroxyl groups is 1. The van der Waals surface area contributed by atoms with Crippen LogP contribution in [0.15, 0.2) is 12.2 Å². The van der Waals surface area contributed by atoms with Crippen LogP contribution in [0, 0.1) is 5.92 Å². The lowest BCUT2D eigenvalue weighted by Gasteiger charge is -2.26. The van der Waals surface area contributed by atoms with Gasteiger partial charge in [-0.15, -0.1) is 0 Å². The molecule has 4 heteroatoms. The van der Waals surface area contributed by atoms with Crippen LogP contribution in [0.4, 0.5) is 0 Å². The first-order chi connectivity index (χ1) is 8.05. The molecule has 0 aromatic carbocycles. The van der Waals surface area contributed by atoms with Crippen LogP contribution in [0.1, 0.15) is 39.0 Å². The second-order valence-corrected chi connectivity index (χ2v) is 4.49. The molecule has 4 nitrogen and oxygen atoms in total. The van der Waals surface area contributed by atoms with Crippen LogP contribution >= 0.6 is 0 Å². The molecule has 0 fully saturated rings. The van der Waals surface area contributed by atoms with E-state index in [1.807, 2.05) is 0 Å². The van der Waals surface area contributed by atoms with Crippen molar-refractivity contribution in [1.29, 1.82) is 0 Å². The van der Waals surface area contributed by atoms with Crippen molar-refractivity contribution < 1.29 is 19.4 Å². The topological polar surface area (TPSA) is 63.6 Å². The fourth-order valence-electron chi connectivity index (χ4n) is 2.17. The van der Waals surface area contributed by atoms with Gasteiger partial charge in [-0.3, -0.25) is 9.59 Å². The SMILES string of the molecule is CCCCCC[C@@]1(O)C=CC(=O)[C@@H]1C(=O)OC. The summed E-state index contributed by atoms with van der Waals surface area (Å²) in [6.45, 7) is 2.10. The molecule has 0 heterocycles. The average molecular weight is 240 g/mol. The van der Waals surface area contributed by atoms with Crippen LogP contribution in [0.2, 0.25) is 0 Å². The van der Waals surface area contributed by atoms with Crippen LogP contribution in [0.25, 0.3) is 0 Å². The van der Waals surface area contributed by atoms with Crippen LogP contribution in [-0.4, -0.2) is 29.6 Å². The molecule has 0 unspecified atom stereocenters. The Labute approximate surface area is 102 Å². The summed E-state index contributed by atoms with van der Waals surface area (Å²) in [5.41, 5.74) is -1.35. The molecule has 0 radical (unpaired) electrons. The molecule has 0 aromatic rings. The fraction of sp³-hybridized carbons (Fsp3) is 0.692. The summed E-state index contributed by atoms with van der Waals surface area (Å²) in [6, 6.07) is 0. The molecule has 0 bridgehead atoms. The Morgan fingerprint density at radius 2 is 2.18 bits per heavy atom. The number of hydrogen-bond acceptors (Lipinski definition) is 4. The van der Waals surface area contributed by atoms with Crippen molar-refractivity contribution in [2.75, 3.05) is 7.11 Å². The maximum atomic E-state index is 11.5. The summed E-state index contributed by atoms with van der Waals surface area (Å²) in [6.07, 6.45) is 7.13. The number of ketones is 1. The number of allylic oxidation sites excluding steroid dienone is 1. The van der Waals surface area contributed by atoms with Gasteiger partial charge in [0, 0.05) is 0 Å². The van der Waals surface area contributed by atoms with Gasteiger partial charge in [0.2, 0.25) is 0 Å². The molecule has 17 heavy (non-hydrogen) atoms. The van der Waals surface area contributed by atoms with Crippen LogP contribution in [0.3, 0.4) is 0 Å². The highest BCUT2D eigenvalue weighted by molar-refractivity contribution is 6.08. The maximum absolute atomic E-state index is 11.5. The quantitative estimate of drug-likeness (QED) is 0.435. The number of hydrogen-bond donors (Lipinski definition) is 1. The van der Waals surface area contributed by atoms with E-state index < -0.39 is 17.5 Å². The van der Waals surface area contributed by atoms with Gasteiger partial charge in [-0.25, -0.2) is 0 Å². The minimum Gasteiger partial charge on any atom is -0.468 e. The Hall–Kier alpha value is -1.16. The third kappa shape index (κ3) is 3.16. The second kappa shape index (κ2) is 5.96. The Kier molecular flexibility index (Phi) is 4.87. The molecule has 0 amide bonds. The van der Waals surface area contributed by atoms with Crippen LogP contribution in [0.5, 0.6) is 0 Å². The van der Waals surface area contributed by atoms with Crippen molar-refractivity contribution in [3.63, 3.8) is 0 Å². The Balaban J connectivity index is 2.62. The zero-order valence-electron chi connectivity index (χ0n) is 10.4. The summed E-state index contributed by atoms with van der Waals surface area (Å²) in [7, 11) is 1.23. The molecule has 0 saturated carbocycles. The molecule has 0 aliphatic heterocycles. The van der Waals surface area contributed by atoms with Gasteiger partial charge in [-0.1, -0.05) is 32.6 Å². The van der Waals surface area contributed by atoms with E-state index in [9.17, 15) is 14.7 Å². The lowest BCUT2D eigenvalue weighted by atomic mass is 9.85. The van der Waals surface area contributed by atoms with Crippen molar-refractivity contribution >= 4 is 11.8 Å². The number of esters is 1. The molecule has 1 aliphatic rings. The first kappa shape index (κ1) is 13.9. The van der Waals surface area contributed by atoms with E-state index in [4.69, 9.17) is 0 Å². The highest BCUT2D eigenvalue weighted by Crippen LogP contribution is 2.33. The number of rotatable bonds is 6. The van der Waals surface area contributed by atoms with Gasteiger partial charge >= 0.3 is 5.97 Å². The third-order valence-corrected chi connectivity index (χ3v) is 3.19. The van der Waals surface area contributed by atoms with E-state index in [1.165, 1.54) is 19.3 Å². The number of methoxy groups -OCH3 is 1. The fourth-order valence-corrected chi connectivity index (χ4v) is 2.17. The predicted molar refractivity (Wildman–Crippen MR) is 63.4 cm³/mol. The molecule has 0 saturated heterocycles. The minimum absolute atomic E-state index is 0.366. The van der Waals surface area contributed by atoms with E-state index in [2.05, 4.69) is 11.7 Å².